The summed E-state index contributed by atoms with van der Waals surface area (Å²) in [5.74, 6) is -1.25. The summed E-state index contributed by atoms with van der Waals surface area (Å²) in [6.45, 7) is 12.7. The number of aromatic nitrogens is 2. The Morgan fingerprint density at radius 1 is 1.16 bits per heavy atom. The van der Waals surface area contributed by atoms with Gasteiger partial charge in [0.2, 0.25) is 15.9 Å². The van der Waals surface area contributed by atoms with Crippen molar-refractivity contribution in [2.45, 2.75) is 89.3 Å². The lowest BCUT2D eigenvalue weighted by molar-refractivity contribution is -0.787. The fraction of sp³-hybridized carbons (Fsp3) is 0.486. The monoisotopic (exact) mass is 719 g/mol. The van der Waals surface area contributed by atoms with E-state index >= 15 is 0 Å². The predicted molar refractivity (Wildman–Crippen MR) is 192 cm³/mol. The molecule has 3 heterocycles. The molecule has 3 aromatic rings. The molecule has 2 aromatic heterocycles. The van der Waals surface area contributed by atoms with E-state index in [9.17, 15) is 22.8 Å². The van der Waals surface area contributed by atoms with E-state index in [4.69, 9.17) is 15.2 Å². The summed E-state index contributed by atoms with van der Waals surface area (Å²) in [4.78, 5) is 52.9. The van der Waals surface area contributed by atoms with E-state index < -0.39 is 67.2 Å². The van der Waals surface area contributed by atoms with Crippen LogP contribution in [0.5, 0.6) is 11.6 Å². The van der Waals surface area contributed by atoms with Crippen LogP contribution in [0.3, 0.4) is 0 Å². The Kier molecular flexibility index (Phi) is 9.49. The minimum Gasteiger partial charge on any atom is -0.497 e. The third-order valence-electron chi connectivity index (χ3n) is 10.5. The first-order chi connectivity index (χ1) is 24.1. The zero-order valence-electron chi connectivity index (χ0n) is 30.0. The minimum atomic E-state index is -4.17. The second kappa shape index (κ2) is 13.3. The highest BCUT2D eigenvalue weighted by Gasteiger charge is 2.68. The summed E-state index contributed by atoms with van der Waals surface area (Å²) >= 11 is 0. The number of benzene rings is 1. The first-order valence-corrected chi connectivity index (χ1v) is 18.9. The van der Waals surface area contributed by atoms with Crippen molar-refractivity contribution in [3.63, 3.8) is 0 Å². The molecule has 3 fully saturated rings. The molecule has 1 saturated heterocycles. The number of amides is 4. The fourth-order valence-corrected chi connectivity index (χ4v) is 9.02. The Morgan fingerprint density at radius 2 is 1.88 bits per heavy atom. The number of hydrogen-bond acceptors (Lipinski definition) is 10. The van der Waals surface area contributed by atoms with Crippen LogP contribution in [0.1, 0.15) is 57.7 Å². The van der Waals surface area contributed by atoms with Gasteiger partial charge in [-0.1, -0.05) is 19.9 Å². The first kappa shape index (κ1) is 36.4. The summed E-state index contributed by atoms with van der Waals surface area (Å²) < 4.78 is 39.7. The number of urea groups is 1. The topological polar surface area (TPSA) is 171 Å². The molecule has 3 aliphatic rings. The summed E-state index contributed by atoms with van der Waals surface area (Å²) in [6, 6.07) is 8.31. The molecule has 3 N–H and O–H groups in total. The standard InChI is InChI=1S/C37H46N6O7S/c1-8-26-19-37(26,35(45)42(51(47,48)29-10-11-29)31-16-22(4)15-23(5)40-31)41-36(46)43(34(44)32(38)21(2)3)20-28(17-24(43)6)50-33-30-12-9-27(49-7)18-25(30)13-14-39-33/h8-9,12-16,18,21,24,26,28-29,32H,1,10-11,17,19-20,38H2,2-7H3/p+1/t24?,26-,28-,32?,37-,43?/m1/s1. The second-order valence-corrected chi connectivity index (χ2v) is 16.7. The van der Waals surface area contributed by atoms with Crippen LogP contribution in [-0.4, -0.2) is 83.3 Å². The van der Waals surface area contributed by atoms with Gasteiger partial charge in [-0.3, -0.25) is 10.1 Å². The Bertz CT molecular complexity index is 2000. The normalized spacial score (nSPS) is 26.4. The average molecular weight is 720 g/mol. The molecule has 14 heteroatoms. The Labute approximate surface area is 298 Å². The molecule has 0 bridgehead atoms. The van der Waals surface area contributed by atoms with Gasteiger partial charge in [-0.25, -0.2) is 28.0 Å². The lowest BCUT2D eigenvalue weighted by Crippen LogP contribution is -2.70. The van der Waals surface area contributed by atoms with E-state index in [1.165, 1.54) is 6.08 Å². The summed E-state index contributed by atoms with van der Waals surface area (Å²) in [5, 5.41) is 3.75. The van der Waals surface area contributed by atoms with Gasteiger partial charge in [-0.2, -0.15) is 8.79 Å². The first-order valence-electron chi connectivity index (χ1n) is 17.3. The van der Waals surface area contributed by atoms with E-state index in [1.54, 1.807) is 66.1 Å². The molecule has 2 saturated carbocycles. The molecule has 1 aliphatic heterocycles. The molecular formula is C37H47N6O7S+. The molecule has 0 radical (unpaired) electrons. The van der Waals surface area contributed by atoms with Crippen LogP contribution in [0, 0.1) is 25.7 Å². The SMILES string of the molecule is C=C[C@@H]1C[C@]1(NC(=O)[N+]1(C(=O)C(N)C(C)C)C[C@H](Oc2nccc3cc(OC)ccc23)CC1C)C(=O)N(c1cc(C)cc(C)n1)S(=O)(=O)C1CC1. The van der Waals surface area contributed by atoms with Crippen LogP contribution in [0.2, 0.25) is 0 Å². The van der Waals surface area contributed by atoms with Crippen molar-refractivity contribution in [2.75, 3.05) is 18.0 Å². The van der Waals surface area contributed by atoms with E-state index in [1.807, 2.05) is 18.2 Å². The number of nitrogens with zero attached hydrogens (tertiary/aromatic N) is 4. The number of imide groups is 1. The molecule has 6 atom stereocenters. The van der Waals surface area contributed by atoms with Crippen molar-refractivity contribution >= 4 is 44.5 Å². The number of likely N-dealkylation sites (tertiary alicyclic amines) is 1. The zero-order valence-corrected chi connectivity index (χ0v) is 30.8. The highest BCUT2D eigenvalue weighted by molar-refractivity contribution is 7.94. The van der Waals surface area contributed by atoms with Gasteiger partial charge in [0.1, 0.15) is 29.9 Å². The fourth-order valence-electron chi connectivity index (χ4n) is 7.25. The quantitative estimate of drug-likeness (QED) is 0.215. The molecule has 13 nitrogen and oxygen atoms in total. The van der Waals surface area contributed by atoms with E-state index in [-0.39, 0.29) is 24.7 Å². The van der Waals surface area contributed by atoms with Gasteiger partial charge < -0.3 is 15.2 Å². The van der Waals surface area contributed by atoms with Crippen molar-refractivity contribution < 1.29 is 36.8 Å². The molecule has 51 heavy (non-hydrogen) atoms. The number of methoxy groups -OCH3 is 1. The number of sulfonamides is 1. The highest BCUT2D eigenvalue weighted by Crippen LogP contribution is 2.49. The minimum absolute atomic E-state index is 0.0299. The summed E-state index contributed by atoms with van der Waals surface area (Å²) in [6.07, 6.45) is 3.77. The van der Waals surface area contributed by atoms with Crippen molar-refractivity contribution in [2.24, 2.45) is 17.6 Å². The van der Waals surface area contributed by atoms with Gasteiger partial charge in [-0.05, 0) is 93.3 Å². The van der Waals surface area contributed by atoms with Gasteiger partial charge in [0.15, 0.2) is 11.9 Å². The number of rotatable bonds is 11. The third kappa shape index (κ3) is 6.38. The molecular weight excluding hydrogens is 673 g/mol. The smallest absolute Gasteiger partial charge is 0.425 e. The lowest BCUT2D eigenvalue weighted by atomic mass is 10.0. The second-order valence-electron chi connectivity index (χ2n) is 14.6. The maximum absolute atomic E-state index is 14.8. The molecule has 1 aromatic carbocycles. The predicted octanol–water partition coefficient (Wildman–Crippen LogP) is 4.30. The van der Waals surface area contributed by atoms with Gasteiger partial charge in [0.25, 0.3) is 5.91 Å². The molecule has 0 spiro atoms. The number of fused-ring (bicyclic) bond motifs is 1. The molecule has 6 rings (SSSR count). The number of carbonyl (C=O) groups is 3. The zero-order chi connectivity index (χ0) is 37.0. The Morgan fingerprint density at radius 3 is 2.49 bits per heavy atom. The number of nitrogens with one attached hydrogen (secondary N) is 1. The molecule has 272 valence electrons. The van der Waals surface area contributed by atoms with Crippen LogP contribution in [0.15, 0.2) is 55.3 Å². The number of nitrogens with two attached hydrogens (primary N) is 1. The molecule has 2 aliphatic carbocycles. The van der Waals surface area contributed by atoms with Crippen LogP contribution >= 0.6 is 0 Å². The number of anilines is 1. The summed E-state index contributed by atoms with van der Waals surface area (Å²) in [7, 11) is -2.58. The van der Waals surface area contributed by atoms with Crippen LogP contribution in [0.25, 0.3) is 10.8 Å². The number of hydrogen-bond donors (Lipinski definition) is 2. The number of carbonyl (C=O) groups excluding carboxylic acids is 3. The molecule has 3 unspecified atom stereocenters. The van der Waals surface area contributed by atoms with Crippen molar-refractivity contribution in [3.8, 4) is 11.6 Å². The summed E-state index contributed by atoms with van der Waals surface area (Å²) in [5.41, 5.74) is 6.07. The van der Waals surface area contributed by atoms with Crippen LogP contribution < -0.4 is 24.8 Å². The van der Waals surface area contributed by atoms with Crippen LogP contribution in [0.4, 0.5) is 10.6 Å². The lowest BCUT2D eigenvalue weighted by Gasteiger charge is -2.37. The maximum atomic E-state index is 14.8. The van der Waals surface area contributed by atoms with E-state index in [0.717, 1.165) is 20.6 Å². The van der Waals surface area contributed by atoms with Crippen molar-refractivity contribution in [1.82, 2.24) is 15.3 Å². The Hall–Kier alpha value is -4.40. The number of ether oxygens (including phenoxy) is 2. The molecule has 4 amide bonds. The number of quaternary nitrogens is 1. The maximum Gasteiger partial charge on any atom is 0.425 e. The number of pyridine rings is 2. The largest absolute Gasteiger partial charge is 0.497 e. The van der Waals surface area contributed by atoms with E-state index in [2.05, 4.69) is 21.9 Å². The van der Waals surface area contributed by atoms with Gasteiger partial charge in [-0.15, -0.1) is 6.58 Å². The highest BCUT2D eigenvalue weighted by atomic mass is 32.2. The van der Waals surface area contributed by atoms with Gasteiger partial charge >= 0.3 is 11.9 Å². The van der Waals surface area contributed by atoms with Crippen molar-refractivity contribution in [1.29, 1.82) is 0 Å². The van der Waals surface area contributed by atoms with Gasteiger partial charge in [0.05, 0.1) is 12.4 Å². The van der Waals surface area contributed by atoms with Crippen molar-refractivity contribution in [3.05, 3.63) is 66.5 Å². The average Bonchev–Trinajstić information content (AvgIpc) is 4.01. The third-order valence-corrected chi connectivity index (χ3v) is 12.7. The Balaban J connectivity index is 1.37. The number of aryl methyl sites for hydroxylation is 2. The van der Waals surface area contributed by atoms with Gasteiger partial charge in [0, 0.05) is 29.6 Å². The van der Waals surface area contributed by atoms with Crippen LogP contribution in [-0.2, 0) is 19.6 Å². The van der Waals surface area contributed by atoms with E-state index in [0.29, 0.717) is 36.6 Å².